The van der Waals surface area contributed by atoms with Crippen molar-refractivity contribution in [2.24, 2.45) is 0 Å². The Kier molecular flexibility index (Phi) is 5.54. The van der Waals surface area contributed by atoms with Crippen LogP contribution >= 0.6 is 15.9 Å². The molecule has 1 aromatic heterocycles. The maximum Gasteiger partial charge on any atom is 0.119 e. The standard InChI is InChI=1S/C20H20BrNO/c21-12-4-5-13-23-19-10-8-17(9-11-19)20-14-18(15-22-20)16-6-2-1-3-7-16/h1-3,6-11,14-15,22H,4-5,12-13H2. The Morgan fingerprint density at radius 2 is 1.61 bits per heavy atom. The summed E-state index contributed by atoms with van der Waals surface area (Å²) in [6.07, 6.45) is 4.27. The summed E-state index contributed by atoms with van der Waals surface area (Å²) in [5.41, 5.74) is 4.71. The van der Waals surface area contributed by atoms with Gasteiger partial charge < -0.3 is 9.72 Å². The van der Waals surface area contributed by atoms with Crippen LogP contribution in [0.15, 0.2) is 66.9 Å². The lowest BCUT2D eigenvalue weighted by molar-refractivity contribution is 0.310. The average Bonchev–Trinajstić information content (AvgIpc) is 3.10. The van der Waals surface area contributed by atoms with Gasteiger partial charge in [0.1, 0.15) is 5.75 Å². The van der Waals surface area contributed by atoms with Crippen molar-refractivity contribution in [1.82, 2.24) is 4.98 Å². The zero-order chi connectivity index (χ0) is 15.9. The number of aromatic amines is 1. The molecule has 0 saturated carbocycles. The van der Waals surface area contributed by atoms with Crippen LogP contribution in [0.4, 0.5) is 0 Å². The lowest BCUT2D eigenvalue weighted by Crippen LogP contribution is -1.97. The molecule has 23 heavy (non-hydrogen) atoms. The number of benzene rings is 2. The van der Waals surface area contributed by atoms with E-state index in [4.69, 9.17) is 4.74 Å². The van der Waals surface area contributed by atoms with E-state index in [2.05, 4.69) is 69.6 Å². The highest BCUT2D eigenvalue weighted by Gasteiger charge is 2.04. The molecule has 0 aliphatic rings. The molecule has 3 rings (SSSR count). The van der Waals surface area contributed by atoms with Gasteiger partial charge in [-0.25, -0.2) is 0 Å². The molecule has 3 heteroatoms. The summed E-state index contributed by atoms with van der Waals surface area (Å²) < 4.78 is 5.74. The van der Waals surface area contributed by atoms with Crippen LogP contribution < -0.4 is 4.74 Å². The van der Waals surface area contributed by atoms with Crippen LogP contribution in [0.5, 0.6) is 5.75 Å². The Hall–Kier alpha value is -2.00. The van der Waals surface area contributed by atoms with Crippen LogP contribution in [-0.2, 0) is 0 Å². The topological polar surface area (TPSA) is 25.0 Å². The fourth-order valence-electron chi connectivity index (χ4n) is 2.48. The summed E-state index contributed by atoms with van der Waals surface area (Å²) >= 11 is 3.43. The lowest BCUT2D eigenvalue weighted by Gasteiger charge is -2.06. The van der Waals surface area contributed by atoms with E-state index in [1.165, 1.54) is 16.7 Å². The van der Waals surface area contributed by atoms with E-state index in [9.17, 15) is 0 Å². The molecule has 0 aliphatic carbocycles. The van der Waals surface area contributed by atoms with Gasteiger partial charge in [-0.2, -0.15) is 0 Å². The minimum absolute atomic E-state index is 0.769. The van der Waals surface area contributed by atoms with Crippen molar-refractivity contribution >= 4 is 15.9 Å². The van der Waals surface area contributed by atoms with Gasteiger partial charge in [0.2, 0.25) is 0 Å². The molecule has 1 N–H and O–H groups in total. The van der Waals surface area contributed by atoms with E-state index in [1.807, 2.05) is 18.2 Å². The molecule has 0 aliphatic heterocycles. The minimum Gasteiger partial charge on any atom is -0.494 e. The first-order valence-electron chi connectivity index (χ1n) is 7.90. The van der Waals surface area contributed by atoms with E-state index in [0.717, 1.165) is 36.2 Å². The van der Waals surface area contributed by atoms with Crippen molar-refractivity contribution in [3.63, 3.8) is 0 Å². The molecule has 0 saturated heterocycles. The summed E-state index contributed by atoms with van der Waals surface area (Å²) in [7, 11) is 0. The van der Waals surface area contributed by atoms with Gasteiger partial charge in [-0.1, -0.05) is 46.3 Å². The Morgan fingerprint density at radius 1 is 0.826 bits per heavy atom. The number of hydrogen-bond acceptors (Lipinski definition) is 1. The van der Waals surface area contributed by atoms with Crippen LogP contribution in [0, 0.1) is 0 Å². The van der Waals surface area contributed by atoms with Crippen molar-refractivity contribution < 1.29 is 4.74 Å². The number of rotatable bonds is 7. The summed E-state index contributed by atoms with van der Waals surface area (Å²) in [6.45, 7) is 0.769. The summed E-state index contributed by atoms with van der Waals surface area (Å²) in [6, 6.07) is 20.8. The third kappa shape index (κ3) is 4.26. The Labute approximate surface area is 145 Å². The normalized spacial score (nSPS) is 10.7. The van der Waals surface area contributed by atoms with Gasteiger partial charge in [-0.15, -0.1) is 0 Å². The van der Waals surface area contributed by atoms with Crippen molar-refractivity contribution in [2.75, 3.05) is 11.9 Å². The molecular weight excluding hydrogens is 350 g/mol. The molecular formula is C20H20BrNO. The number of halogens is 1. The third-order valence-corrected chi connectivity index (χ3v) is 4.31. The molecule has 2 nitrogen and oxygen atoms in total. The molecule has 1 heterocycles. The second-order valence-electron chi connectivity index (χ2n) is 5.44. The number of ether oxygens (including phenoxy) is 1. The number of hydrogen-bond donors (Lipinski definition) is 1. The number of aromatic nitrogens is 1. The Bertz CT molecular complexity index is 719. The number of alkyl halides is 1. The summed E-state index contributed by atoms with van der Waals surface area (Å²) in [4.78, 5) is 3.35. The van der Waals surface area contributed by atoms with Crippen molar-refractivity contribution in [1.29, 1.82) is 0 Å². The van der Waals surface area contributed by atoms with E-state index in [1.54, 1.807) is 0 Å². The first-order chi connectivity index (χ1) is 11.4. The average molecular weight is 370 g/mol. The van der Waals surface area contributed by atoms with Gasteiger partial charge in [0.25, 0.3) is 0 Å². The predicted molar refractivity (Wildman–Crippen MR) is 100 cm³/mol. The molecule has 2 aromatic carbocycles. The molecule has 0 atom stereocenters. The zero-order valence-electron chi connectivity index (χ0n) is 13.0. The first-order valence-corrected chi connectivity index (χ1v) is 9.02. The van der Waals surface area contributed by atoms with E-state index < -0.39 is 0 Å². The second-order valence-corrected chi connectivity index (χ2v) is 6.23. The zero-order valence-corrected chi connectivity index (χ0v) is 14.6. The van der Waals surface area contributed by atoms with Gasteiger partial charge >= 0.3 is 0 Å². The predicted octanol–water partition coefficient (Wildman–Crippen LogP) is 5.90. The fourth-order valence-corrected chi connectivity index (χ4v) is 2.87. The van der Waals surface area contributed by atoms with Crippen LogP contribution in [0.1, 0.15) is 12.8 Å². The van der Waals surface area contributed by atoms with Crippen molar-refractivity contribution in [3.05, 3.63) is 66.9 Å². The van der Waals surface area contributed by atoms with Gasteiger partial charge in [0.05, 0.1) is 6.61 Å². The minimum atomic E-state index is 0.769. The second kappa shape index (κ2) is 8.02. The van der Waals surface area contributed by atoms with Gasteiger partial charge in [0, 0.05) is 17.2 Å². The SMILES string of the molecule is BrCCCCOc1ccc(-c2cc(-c3ccccc3)c[nH]2)cc1. The highest BCUT2D eigenvalue weighted by atomic mass is 79.9. The van der Waals surface area contributed by atoms with E-state index in [-0.39, 0.29) is 0 Å². The summed E-state index contributed by atoms with van der Waals surface area (Å²) in [5, 5.41) is 1.03. The van der Waals surface area contributed by atoms with E-state index in [0.29, 0.717) is 0 Å². The fraction of sp³-hybridized carbons (Fsp3) is 0.200. The molecule has 3 aromatic rings. The molecule has 118 valence electrons. The monoisotopic (exact) mass is 369 g/mol. The van der Waals surface area contributed by atoms with Crippen LogP contribution in [0.2, 0.25) is 0 Å². The molecule has 0 radical (unpaired) electrons. The quantitative estimate of drug-likeness (QED) is 0.406. The number of H-pyrrole nitrogens is 1. The number of unbranched alkanes of at least 4 members (excludes halogenated alkanes) is 1. The molecule has 0 fully saturated rings. The highest BCUT2D eigenvalue weighted by Crippen LogP contribution is 2.27. The lowest BCUT2D eigenvalue weighted by atomic mass is 10.1. The largest absolute Gasteiger partial charge is 0.494 e. The molecule has 0 unspecified atom stereocenters. The molecule has 0 amide bonds. The molecule has 0 bridgehead atoms. The highest BCUT2D eigenvalue weighted by molar-refractivity contribution is 9.09. The van der Waals surface area contributed by atoms with Crippen LogP contribution in [0.3, 0.4) is 0 Å². The maximum absolute atomic E-state index is 5.74. The van der Waals surface area contributed by atoms with Gasteiger partial charge in [-0.05, 0) is 59.9 Å². The molecule has 0 spiro atoms. The number of nitrogens with one attached hydrogen (secondary N) is 1. The van der Waals surface area contributed by atoms with E-state index >= 15 is 0 Å². The van der Waals surface area contributed by atoms with Crippen molar-refractivity contribution in [2.45, 2.75) is 12.8 Å². The Balaban J connectivity index is 1.67. The maximum atomic E-state index is 5.74. The Morgan fingerprint density at radius 3 is 2.35 bits per heavy atom. The van der Waals surface area contributed by atoms with Crippen molar-refractivity contribution in [3.8, 4) is 28.1 Å². The van der Waals surface area contributed by atoms with Gasteiger partial charge in [0.15, 0.2) is 0 Å². The third-order valence-electron chi connectivity index (χ3n) is 3.75. The first kappa shape index (κ1) is 15.9. The smallest absolute Gasteiger partial charge is 0.119 e. The summed E-state index contributed by atoms with van der Waals surface area (Å²) in [5.74, 6) is 0.929. The van der Waals surface area contributed by atoms with Crippen LogP contribution in [0.25, 0.3) is 22.4 Å². The van der Waals surface area contributed by atoms with Gasteiger partial charge in [-0.3, -0.25) is 0 Å². The van der Waals surface area contributed by atoms with Crippen LogP contribution in [-0.4, -0.2) is 16.9 Å².